The molecule has 3 aliphatic rings. The highest BCUT2D eigenvalue weighted by Crippen LogP contribution is 2.61. The third-order valence-corrected chi connectivity index (χ3v) is 6.75. The molecule has 4 rings (SSSR count). The van der Waals surface area contributed by atoms with E-state index in [2.05, 4.69) is 22.4 Å². The molecule has 0 spiro atoms. The van der Waals surface area contributed by atoms with Crippen LogP contribution in [0.5, 0.6) is 5.75 Å². The molecule has 0 saturated heterocycles. The van der Waals surface area contributed by atoms with Gasteiger partial charge in [-0.15, -0.1) is 0 Å². The number of allylic oxidation sites excluding steroid dienone is 1. The Morgan fingerprint density at radius 2 is 1.79 bits per heavy atom. The van der Waals surface area contributed by atoms with Gasteiger partial charge in [-0.1, -0.05) is 0 Å². The van der Waals surface area contributed by atoms with Crippen LogP contribution in [0.4, 0.5) is 0 Å². The Morgan fingerprint density at radius 3 is 2.34 bits per heavy atom. The van der Waals surface area contributed by atoms with Crippen molar-refractivity contribution in [2.24, 2.45) is 16.6 Å². The van der Waals surface area contributed by atoms with Crippen molar-refractivity contribution in [3.05, 3.63) is 41.1 Å². The SMILES string of the molecule is COc1ccc([C@@H]2[NH2+]C3=C(CCC3)[C@@]3(C#N)C(OC)(OC)[NH+]=C(N)[C@@]23C#N)cc1. The number of quaternary nitrogens is 1. The third kappa shape index (κ3) is 2.09. The maximum absolute atomic E-state index is 10.6. The molecule has 2 heterocycles. The molecule has 0 saturated carbocycles. The minimum Gasteiger partial charge on any atom is -0.497 e. The van der Waals surface area contributed by atoms with E-state index in [1.807, 2.05) is 24.3 Å². The number of ether oxygens (including phenoxy) is 3. The van der Waals surface area contributed by atoms with Gasteiger partial charge in [0.2, 0.25) is 10.8 Å². The van der Waals surface area contributed by atoms with E-state index in [1.165, 1.54) is 14.2 Å². The molecular weight excluding hydrogens is 370 g/mol. The van der Waals surface area contributed by atoms with Crippen LogP contribution in [0.15, 0.2) is 35.5 Å². The van der Waals surface area contributed by atoms with Crippen molar-refractivity contribution in [2.75, 3.05) is 21.3 Å². The van der Waals surface area contributed by atoms with Crippen LogP contribution in [-0.2, 0) is 9.47 Å². The highest BCUT2D eigenvalue weighted by atomic mass is 16.7. The Labute approximate surface area is 169 Å². The molecule has 29 heavy (non-hydrogen) atoms. The number of hydrogen-bond acceptors (Lipinski definition) is 6. The van der Waals surface area contributed by atoms with Crippen LogP contribution in [0, 0.1) is 33.5 Å². The summed E-state index contributed by atoms with van der Waals surface area (Å²) >= 11 is 0. The Bertz CT molecular complexity index is 983. The molecule has 0 unspecified atom stereocenters. The van der Waals surface area contributed by atoms with Crippen molar-refractivity contribution in [1.82, 2.24) is 0 Å². The summed E-state index contributed by atoms with van der Waals surface area (Å²) in [6, 6.07) is 11.9. The number of methoxy groups -OCH3 is 3. The van der Waals surface area contributed by atoms with Gasteiger partial charge in [-0.25, -0.2) is 4.99 Å². The van der Waals surface area contributed by atoms with Gasteiger partial charge in [-0.3, -0.25) is 5.73 Å². The summed E-state index contributed by atoms with van der Waals surface area (Å²) in [5.74, 6) is -0.654. The topological polar surface area (TPSA) is 132 Å². The predicted molar refractivity (Wildman–Crippen MR) is 102 cm³/mol. The molecule has 0 aromatic heterocycles. The minimum absolute atomic E-state index is 0.181. The lowest BCUT2D eigenvalue weighted by molar-refractivity contribution is -0.699. The van der Waals surface area contributed by atoms with E-state index in [0.717, 1.165) is 29.7 Å². The Morgan fingerprint density at radius 1 is 1.10 bits per heavy atom. The molecule has 0 bridgehead atoms. The minimum atomic E-state index is -1.55. The lowest BCUT2D eigenvalue weighted by Gasteiger charge is -2.46. The van der Waals surface area contributed by atoms with E-state index >= 15 is 0 Å². The Hall–Kier alpha value is -2.91. The summed E-state index contributed by atoms with van der Waals surface area (Å²) in [6.45, 7) is 0. The second-order valence-corrected chi connectivity index (χ2v) is 7.62. The van der Waals surface area contributed by atoms with E-state index < -0.39 is 22.8 Å². The first-order valence-corrected chi connectivity index (χ1v) is 9.55. The van der Waals surface area contributed by atoms with Crippen LogP contribution in [0.3, 0.4) is 0 Å². The fraction of sp³-hybridized carbons (Fsp3) is 0.476. The van der Waals surface area contributed by atoms with Crippen molar-refractivity contribution in [3.8, 4) is 17.9 Å². The second kappa shape index (κ2) is 6.57. The molecule has 3 atom stereocenters. The molecule has 8 nitrogen and oxygen atoms in total. The number of nitriles is 2. The molecule has 150 valence electrons. The van der Waals surface area contributed by atoms with Crippen LogP contribution in [0.25, 0.3) is 0 Å². The number of hydrogen-bond donors (Lipinski definition) is 3. The van der Waals surface area contributed by atoms with Crippen molar-refractivity contribution in [1.29, 1.82) is 10.5 Å². The number of amidine groups is 1. The molecule has 1 aromatic rings. The number of fused-ring (bicyclic) bond motifs is 2. The first-order chi connectivity index (χ1) is 14.0. The Kier molecular flexibility index (Phi) is 4.39. The normalized spacial score (nSPS) is 32.0. The average Bonchev–Trinajstić information content (AvgIpc) is 3.32. The van der Waals surface area contributed by atoms with Crippen LogP contribution < -0.4 is 20.8 Å². The zero-order valence-corrected chi connectivity index (χ0v) is 16.8. The molecule has 2 aliphatic heterocycles. The fourth-order valence-corrected chi connectivity index (χ4v) is 5.47. The fourth-order valence-electron chi connectivity index (χ4n) is 5.47. The van der Waals surface area contributed by atoms with Crippen LogP contribution in [0.1, 0.15) is 30.9 Å². The highest BCUT2D eigenvalue weighted by Gasteiger charge is 2.84. The number of nitrogens with two attached hydrogens (primary N) is 2. The van der Waals surface area contributed by atoms with Gasteiger partial charge in [0.1, 0.15) is 17.5 Å². The van der Waals surface area contributed by atoms with E-state index in [4.69, 9.17) is 19.9 Å². The molecule has 5 N–H and O–H groups in total. The zero-order valence-electron chi connectivity index (χ0n) is 16.8. The lowest BCUT2D eigenvalue weighted by Crippen LogP contribution is -2.92. The second-order valence-electron chi connectivity index (χ2n) is 7.62. The van der Waals surface area contributed by atoms with Gasteiger partial charge < -0.3 is 19.5 Å². The third-order valence-electron chi connectivity index (χ3n) is 6.75. The maximum Gasteiger partial charge on any atom is 0.346 e. The van der Waals surface area contributed by atoms with E-state index in [9.17, 15) is 10.5 Å². The average molecular weight is 395 g/mol. The van der Waals surface area contributed by atoms with Crippen LogP contribution in [-0.4, -0.2) is 33.1 Å². The standard InChI is InChI=1S/C21H23N5O3/c1-27-14-9-7-13(8-10-14)17-19(11-22)18(24)26-21(28-2,29-3)20(19,12-23)15-5-4-6-16(15)25-17/h7-10,17,25H,4-6H2,1-3H3,(H2,24,26)/p+2/t17-,19+,20+/m0/s1. The molecule has 1 aliphatic carbocycles. The quantitative estimate of drug-likeness (QED) is 0.570. The number of nitrogens with zero attached hydrogens (tertiary/aromatic N) is 2. The zero-order chi connectivity index (χ0) is 20.9. The van der Waals surface area contributed by atoms with Gasteiger partial charge in [-0.05, 0) is 37.1 Å². The lowest BCUT2D eigenvalue weighted by atomic mass is 9.53. The van der Waals surface area contributed by atoms with Crippen molar-refractivity contribution in [3.63, 3.8) is 0 Å². The van der Waals surface area contributed by atoms with E-state index in [1.54, 1.807) is 7.11 Å². The molecule has 1 aromatic carbocycles. The van der Waals surface area contributed by atoms with Crippen LogP contribution >= 0.6 is 0 Å². The van der Waals surface area contributed by atoms with Gasteiger partial charge in [0, 0.05) is 31.8 Å². The van der Waals surface area contributed by atoms with Crippen molar-refractivity contribution >= 4 is 5.84 Å². The molecular formula is C21H25N5O3+2. The molecule has 8 heteroatoms. The molecule has 0 radical (unpaired) electrons. The first kappa shape index (κ1) is 19.4. The van der Waals surface area contributed by atoms with Gasteiger partial charge >= 0.3 is 5.91 Å². The van der Waals surface area contributed by atoms with Crippen molar-refractivity contribution < 1.29 is 24.5 Å². The maximum atomic E-state index is 10.6. The highest BCUT2D eigenvalue weighted by molar-refractivity contribution is 5.90. The van der Waals surface area contributed by atoms with E-state index in [-0.39, 0.29) is 5.84 Å². The largest absolute Gasteiger partial charge is 0.497 e. The van der Waals surface area contributed by atoms with E-state index in [0.29, 0.717) is 12.2 Å². The monoisotopic (exact) mass is 395 g/mol. The van der Waals surface area contributed by atoms with Crippen molar-refractivity contribution in [2.45, 2.75) is 31.2 Å². The number of rotatable bonds is 4. The smallest absolute Gasteiger partial charge is 0.346 e. The van der Waals surface area contributed by atoms with Gasteiger partial charge in [-0.2, -0.15) is 10.5 Å². The number of nitrogens with one attached hydrogen (secondary N) is 1. The molecule has 0 fully saturated rings. The Balaban J connectivity index is 2.04. The predicted octanol–water partition coefficient (Wildman–Crippen LogP) is -0.831. The molecule has 0 amide bonds. The first-order valence-electron chi connectivity index (χ1n) is 9.55. The van der Waals surface area contributed by atoms with Gasteiger partial charge in [0.05, 0.1) is 19.2 Å². The van der Waals surface area contributed by atoms with Crippen LogP contribution in [0.2, 0.25) is 0 Å². The summed E-state index contributed by atoms with van der Waals surface area (Å²) in [6.07, 6.45) is 2.45. The summed E-state index contributed by atoms with van der Waals surface area (Å²) < 4.78 is 16.8. The summed E-state index contributed by atoms with van der Waals surface area (Å²) in [7, 11) is 4.53. The number of benzene rings is 1. The summed E-state index contributed by atoms with van der Waals surface area (Å²) in [4.78, 5) is 3.05. The summed E-state index contributed by atoms with van der Waals surface area (Å²) in [5.41, 5.74) is 6.50. The van der Waals surface area contributed by atoms with Gasteiger partial charge in [0.15, 0.2) is 0 Å². The summed E-state index contributed by atoms with van der Waals surface area (Å²) in [5, 5.41) is 23.3. The van der Waals surface area contributed by atoms with Gasteiger partial charge in [0.25, 0.3) is 5.84 Å².